The Kier molecular flexibility index (Phi) is 6.43. The Labute approximate surface area is 167 Å². The number of carbonyl (C=O) groups excluding carboxylic acids is 1. The minimum absolute atomic E-state index is 0. The van der Waals surface area contributed by atoms with E-state index >= 15 is 0 Å². The standard InChI is InChI=1S/C19H20N5O.Pt/c1-13-11-16(24-23-13)14-8-6-9-17(22-14)19(2,3)12-21-18(25)15-7-4-5-10-20-15;/h4-11H,12H2,1-3H3,(H-,21,22,23,24,25);/q-1;+2/p-1. The third-order valence-electron chi connectivity index (χ3n) is 3.87. The van der Waals surface area contributed by atoms with Crippen LogP contribution in [-0.4, -0.2) is 27.5 Å². The van der Waals surface area contributed by atoms with Crippen LogP contribution in [0.2, 0.25) is 0 Å². The SMILES string of the molecule is Cc1cc(-c2cccc(C(C)(C)C[N-]C(=O)c3ccccn3)n2)[n-]n1.[Pt+2]. The van der Waals surface area contributed by atoms with Gasteiger partial charge in [0, 0.05) is 23.3 Å². The number of nitrogens with zero attached hydrogens (tertiary/aromatic N) is 5. The average molecular weight is 528 g/mol. The van der Waals surface area contributed by atoms with Crippen molar-refractivity contribution < 1.29 is 25.9 Å². The summed E-state index contributed by atoms with van der Waals surface area (Å²) in [6, 6.07) is 12.9. The summed E-state index contributed by atoms with van der Waals surface area (Å²) in [5, 5.41) is 12.3. The molecule has 0 spiro atoms. The van der Waals surface area contributed by atoms with Gasteiger partial charge < -0.3 is 20.3 Å². The summed E-state index contributed by atoms with van der Waals surface area (Å²) in [6.07, 6.45) is 1.59. The van der Waals surface area contributed by atoms with Gasteiger partial charge in [0.05, 0.1) is 5.69 Å². The van der Waals surface area contributed by atoms with Gasteiger partial charge in [0.15, 0.2) is 0 Å². The van der Waals surface area contributed by atoms with Crippen LogP contribution in [0.4, 0.5) is 0 Å². The van der Waals surface area contributed by atoms with E-state index in [9.17, 15) is 4.79 Å². The first-order valence-electron chi connectivity index (χ1n) is 8.03. The van der Waals surface area contributed by atoms with Gasteiger partial charge in [-0.05, 0) is 36.6 Å². The molecule has 0 saturated heterocycles. The zero-order chi connectivity index (χ0) is 17.9. The molecule has 0 N–H and O–H groups in total. The van der Waals surface area contributed by atoms with E-state index in [-0.39, 0.29) is 27.0 Å². The Hall–Kier alpha value is -2.33. The molecule has 136 valence electrons. The number of aryl methyl sites for hydroxylation is 1. The molecule has 0 atom stereocenters. The first kappa shape index (κ1) is 20.0. The number of aromatic nitrogens is 4. The van der Waals surface area contributed by atoms with Gasteiger partial charge in [0.2, 0.25) is 0 Å². The Balaban J connectivity index is 0.00000243. The monoisotopic (exact) mass is 528 g/mol. The number of carbonyl (C=O) groups is 1. The van der Waals surface area contributed by atoms with Crippen molar-refractivity contribution in [2.45, 2.75) is 26.2 Å². The van der Waals surface area contributed by atoms with E-state index in [1.54, 1.807) is 24.4 Å². The molecule has 0 aliphatic rings. The molecule has 3 aromatic heterocycles. The zero-order valence-electron chi connectivity index (χ0n) is 14.8. The van der Waals surface area contributed by atoms with E-state index in [2.05, 4.69) is 25.5 Å². The predicted octanol–water partition coefficient (Wildman–Crippen LogP) is 3.29. The van der Waals surface area contributed by atoms with Crippen molar-refractivity contribution in [1.82, 2.24) is 20.2 Å². The van der Waals surface area contributed by atoms with Gasteiger partial charge in [-0.2, -0.15) is 0 Å². The Morgan fingerprint density at radius 3 is 2.65 bits per heavy atom. The second-order valence-electron chi connectivity index (χ2n) is 6.50. The van der Waals surface area contributed by atoms with Crippen molar-refractivity contribution in [2.24, 2.45) is 0 Å². The molecule has 0 radical (unpaired) electrons. The largest absolute Gasteiger partial charge is 2.00 e. The molecule has 0 unspecified atom stereocenters. The maximum atomic E-state index is 12.1. The van der Waals surface area contributed by atoms with E-state index in [0.717, 1.165) is 22.8 Å². The Bertz CT molecular complexity index is 876. The van der Waals surface area contributed by atoms with Gasteiger partial charge in [-0.25, -0.2) is 0 Å². The Morgan fingerprint density at radius 1 is 1.19 bits per heavy atom. The van der Waals surface area contributed by atoms with Crippen LogP contribution in [-0.2, 0) is 26.5 Å². The topological polar surface area (TPSA) is 83.9 Å². The van der Waals surface area contributed by atoms with E-state index in [1.165, 1.54) is 0 Å². The van der Waals surface area contributed by atoms with Crippen LogP contribution in [0.5, 0.6) is 0 Å². The van der Waals surface area contributed by atoms with Crippen LogP contribution in [0.15, 0.2) is 48.7 Å². The normalized spacial score (nSPS) is 10.9. The maximum Gasteiger partial charge on any atom is 2.00 e. The number of amides is 1. The smallest absolute Gasteiger partial charge is 0.647 e. The molecule has 1 amide bonds. The molecule has 0 bridgehead atoms. The van der Waals surface area contributed by atoms with Crippen LogP contribution in [0, 0.1) is 6.92 Å². The summed E-state index contributed by atoms with van der Waals surface area (Å²) in [7, 11) is 0. The van der Waals surface area contributed by atoms with Crippen molar-refractivity contribution in [3.63, 3.8) is 0 Å². The van der Waals surface area contributed by atoms with E-state index < -0.39 is 5.41 Å². The fraction of sp³-hybridized carbons (Fsp3) is 0.263. The molecule has 3 heterocycles. The molecule has 7 heteroatoms. The molecular weight excluding hydrogens is 509 g/mol. The fourth-order valence-corrected chi connectivity index (χ4v) is 2.39. The zero-order valence-corrected chi connectivity index (χ0v) is 17.1. The average Bonchev–Trinajstić information content (AvgIpc) is 3.07. The molecular formula is C19H19N5OPt. The first-order valence-corrected chi connectivity index (χ1v) is 8.03. The summed E-state index contributed by atoms with van der Waals surface area (Å²) in [6.45, 7) is 6.24. The molecule has 0 saturated carbocycles. The van der Waals surface area contributed by atoms with Crippen molar-refractivity contribution in [3.8, 4) is 11.4 Å². The molecule has 3 aromatic rings. The minimum Gasteiger partial charge on any atom is -0.647 e. The molecule has 0 aliphatic carbocycles. The van der Waals surface area contributed by atoms with Crippen molar-refractivity contribution >= 4 is 5.91 Å². The van der Waals surface area contributed by atoms with E-state index in [1.807, 2.05) is 45.0 Å². The minimum atomic E-state index is -0.393. The second-order valence-corrected chi connectivity index (χ2v) is 6.50. The third-order valence-corrected chi connectivity index (χ3v) is 3.87. The van der Waals surface area contributed by atoms with Crippen LogP contribution in [0.3, 0.4) is 0 Å². The molecule has 0 aromatic carbocycles. The summed E-state index contributed by atoms with van der Waals surface area (Å²) in [4.78, 5) is 20.9. The van der Waals surface area contributed by atoms with Gasteiger partial charge in [-0.3, -0.25) is 9.97 Å². The van der Waals surface area contributed by atoms with Crippen LogP contribution < -0.4 is 5.10 Å². The van der Waals surface area contributed by atoms with Crippen molar-refractivity contribution in [2.75, 3.05) is 6.54 Å². The van der Waals surface area contributed by atoms with E-state index in [0.29, 0.717) is 12.2 Å². The van der Waals surface area contributed by atoms with Gasteiger partial charge in [0.25, 0.3) is 0 Å². The molecule has 6 nitrogen and oxygen atoms in total. The van der Waals surface area contributed by atoms with Crippen LogP contribution >= 0.6 is 0 Å². The van der Waals surface area contributed by atoms with Gasteiger partial charge in [-0.1, -0.05) is 37.7 Å². The van der Waals surface area contributed by atoms with Crippen LogP contribution in [0.25, 0.3) is 16.7 Å². The summed E-state index contributed by atoms with van der Waals surface area (Å²) < 4.78 is 0. The van der Waals surface area contributed by atoms with Gasteiger partial charge in [-0.15, -0.1) is 6.54 Å². The van der Waals surface area contributed by atoms with Crippen molar-refractivity contribution in [3.05, 3.63) is 71.1 Å². The van der Waals surface area contributed by atoms with Gasteiger partial charge >= 0.3 is 21.1 Å². The molecule has 3 rings (SSSR count). The van der Waals surface area contributed by atoms with Crippen molar-refractivity contribution in [1.29, 1.82) is 0 Å². The second kappa shape index (κ2) is 8.37. The quantitative estimate of drug-likeness (QED) is 0.508. The predicted molar refractivity (Wildman–Crippen MR) is 95.3 cm³/mol. The number of rotatable bonds is 5. The summed E-state index contributed by atoms with van der Waals surface area (Å²) >= 11 is 0. The summed E-state index contributed by atoms with van der Waals surface area (Å²) in [5.41, 5.74) is 3.18. The number of hydrogen-bond donors (Lipinski definition) is 0. The molecule has 26 heavy (non-hydrogen) atoms. The first-order chi connectivity index (χ1) is 12.0. The third kappa shape index (κ3) is 4.64. The fourth-order valence-electron chi connectivity index (χ4n) is 2.39. The summed E-state index contributed by atoms with van der Waals surface area (Å²) in [5.74, 6) is -0.317. The van der Waals surface area contributed by atoms with Gasteiger partial charge in [0.1, 0.15) is 5.91 Å². The molecule has 0 fully saturated rings. The molecule has 0 aliphatic heterocycles. The maximum absolute atomic E-state index is 12.1. The van der Waals surface area contributed by atoms with Crippen LogP contribution in [0.1, 0.15) is 35.7 Å². The number of hydrogen-bond acceptors (Lipinski definition) is 4. The number of pyridine rings is 2. The van der Waals surface area contributed by atoms with E-state index in [4.69, 9.17) is 0 Å². The Morgan fingerprint density at radius 2 is 2.00 bits per heavy atom.